The van der Waals surface area contributed by atoms with Crippen LogP contribution in [0.1, 0.15) is 18.7 Å². The molecule has 0 aliphatic heterocycles. The van der Waals surface area contributed by atoms with Gasteiger partial charge >= 0.3 is 0 Å². The summed E-state index contributed by atoms with van der Waals surface area (Å²) >= 11 is 0. The molecule has 0 fully saturated rings. The fraction of sp³-hybridized carbons (Fsp3) is 0.727. The molecule has 1 rings (SSSR count). The molecule has 1 N–H and O–H groups in total. The maximum absolute atomic E-state index is 5.07. The highest BCUT2D eigenvalue weighted by Gasteiger charge is 2.07. The van der Waals surface area contributed by atoms with Gasteiger partial charge in [0.2, 0.25) is 0 Å². The lowest BCUT2D eigenvalue weighted by atomic mass is 10.1. The monoisotopic (exact) mass is 211 g/mol. The van der Waals surface area contributed by atoms with Crippen LogP contribution in [0.3, 0.4) is 0 Å². The molecule has 0 saturated heterocycles. The van der Waals surface area contributed by atoms with Gasteiger partial charge in [-0.15, -0.1) is 0 Å². The summed E-state index contributed by atoms with van der Waals surface area (Å²) in [4.78, 5) is 4.31. The summed E-state index contributed by atoms with van der Waals surface area (Å²) in [5, 5.41) is 3.30. The molecule has 0 aromatic carbocycles. The molecule has 0 spiro atoms. The van der Waals surface area contributed by atoms with Crippen LogP contribution in [0.2, 0.25) is 0 Å². The number of rotatable bonds is 7. The van der Waals surface area contributed by atoms with E-state index in [2.05, 4.69) is 14.9 Å². The Morgan fingerprint density at radius 2 is 2.33 bits per heavy atom. The van der Waals surface area contributed by atoms with Gasteiger partial charge in [-0.3, -0.25) is 0 Å². The van der Waals surface area contributed by atoms with Crippen LogP contribution in [0.4, 0.5) is 0 Å². The molecule has 1 unspecified atom stereocenters. The van der Waals surface area contributed by atoms with Crippen LogP contribution in [0, 0.1) is 0 Å². The first-order chi connectivity index (χ1) is 7.27. The van der Waals surface area contributed by atoms with Gasteiger partial charge in [-0.25, -0.2) is 4.98 Å². The van der Waals surface area contributed by atoms with E-state index in [0.717, 1.165) is 31.7 Å². The molecule has 0 saturated carbocycles. The van der Waals surface area contributed by atoms with Gasteiger partial charge in [0.15, 0.2) is 0 Å². The van der Waals surface area contributed by atoms with E-state index in [4.69, 9.17) is 4.74 Å². The minimum absolute atomic E-state index is 0.515. The summed E-state index contributed by atoms with van der Waals surface area (Å²) in [5.41, 5.74) is 0. The summed E-state index contributed by atoms with van der Waals surface area (Å²) in [6.07, 6.45) is 7.00. The third kappa shape index (κ3) is 4.01. The molecule has 1 atom stereocenters. The lowest BCUT2D eigenvalue weighted by Gasteiger charge is -2.15. The Morgan fingerprint density at radius 1 is 1.53 bits per heavy atom. The lowest BCUT2D eigenvalue weighted by molar-refractivity contribution is 0.182. The van der Waals surface area contributed by atoms with E-state index in [0.29, 0.717) is 6.04 Å². The molecule has 15 heavy (non-hydrogen) atoms. The Labute approximate surface area is 91.7 Å². The number of hydrogen-bond acceptors (Lipinski definition) is 3. The molecule has 1 aromatic heterocycles. The minimum Gasteiger partial charge on any atom is -0.385 e. The highest BCUT2D eigenvalue weighted by Crippen LogP contribution is 2.05. The topological polar surface area (TPSA) is 39.1 Å². The normalized spacial score (nSPS) is 13.0. The summed E-state index contributed by atoms with van der Waals surface area (Å²) in [6, 6.07) is 0.515. The van der Waals surface area contributed by atoms with Crippen LogP contribution in [0.25, 0.3) is 0 Å². The summed E-state index contributed by atoms with van der Waals surface area (Å²) in [6.45, 7) is 0.812. The van der Waals surface area contributed by atoms with Crippen LogP contribution in [-0.2, 0) is 18.2 Å². The Hall–Kier alpha value is -0.870. The maximum atomic E-state index is 5.07. The SMILES string of the molecule is CNC(CCOC)CCc1nccn1C. The largest absolute Gasteiger partial charge is 0.385 e. The number of imidazole rings is 1. The molecule has 4 nitrogen and oxygen atoms in total. The van der Waals surface area contributed by atoms with Gasteiger partial charge < -0.3 is 14.6 Å². The Kier molecular flexibility index (Phi) is 5.36. The fourth-order valence-electron chi connectivity index (χ4n) is 1.63. The molecular weight excluding hydrogens is 190 g/mol. The van der Waals surface area contributed by atoms with Crippen molar-refractivity contribution in [3.63, 3.8) is 0 Å². The number of aryl methyl sites for hydroxylation is 2. The number of methoxy groups -OCH3 is 1. The number of ether oxygens (including phenoxy) is 1. The van der Waals surface area contributed by atoms with E-state index >= 15 is 0 Å². The van der Waals surface area contributed by atoms with E-state index < -0.39 is 0 Å². The first-order valence-electron chi connectivity index (χ1n) is 5.40. The van der Waals surface area contributed by atoms with Crippen molar-refractivity contribution < 1.29 is 4.74 Å². The molecule has 0 aliphatic rings. The van der Waals surface area contributed by atoms with Crippen molar-refractivity contribution in [3.8, 4) is 0 Å². The minimum atomic E-state index is 0.515. The van der Waals surface area contributed by atoms with Crippen LogP contribution in [-0.4, -0.2) is 36.4 Å². The van der Waals surface area contributed by atoms with E-state index in [1.165, 1.54) is 0 Å². The predicted molar refractivity (Wildman–Crippen MR) is 60.9 cm³/mol. The average molecular weight is 211 g/mol. The van der Waals surface area contributed by atoms with Crippen molar-refractivity contribution in [2.75, 3.05) is 20.8 Å². The molecule has 4 heteroatoms. The van der Waals surface area contributed by atoms with Crippen molar-refractivity contribution in [3.05, 3.63) is 18.2 Å². The zero-order valence-electron chi connectivity index (χ0n) is 9.86. The first-order valence-corrected chi connectivity index (χ1v) is 5.40. The van der Waals surface area contributed by atoms with E-state index in [1.54, 1.807) is 7.11 Å². The Bertz CT molecular complexity index is 273. The number of nitrogens with zero attached hydrogens (tertiary/aromatic N) is 2. The number of hydrogen-bond donors (Lipinski definition) is 1. The third-order valence-corrected chi connectivity index (χ3v) is 2.72. The zero-order valence-corrected chi connectivity index (χ0v) is 9.86. The molecule has 1 heterocycles. The number of nitrogens with one attached hydrogen (secondary N) is 1. The summed E-state index contributed by atoms with van der Waals surface area (Å²) < 4.78 is 7.15. The smallest absolute Gasteiger partial charge is 0.108 e. The Morgan fingerprint density at radius 3 is 2.87 bits per heavy atom. The molecule has 1 aromatic rings. The van der Waals surface area contributed by atoms with Gasteiger partial charge in [0, 0.05) is 45.6 Å². The van der Waals surface area contributed by atoms with Gasteiger partial charge in [0.25, 0.3) is 0 Å². The second-order valence-electron chi connectivity index (χ2n) is 3.76. The van der Waals surface area contributed by atoms with Gasteiger partial charge in [-0.05, 0) is 19.9 Å². The van der Waals surface area contributed by atoms with Gasteiger partial charge in [0.05, 0.1) is 0 Å². The van der Waals surface area contributed by atoms with Crippen LogP contribution >= 0.6 is 0 Å². The molecule has 0 bridgehead atoms. The zero-order chi connectivity index (χ0) is 11.1. The van der Waals surface area contributed by atoms with Crippen molar-refractivity contribution in [2.45, 2.75) is 25.3 Å². The summed E-state index contributed by atoms with van der Waals surface area (Å²) in [5.74, 6) is 1.15. The standard InChI is InChI=1S/C11H21N3O/c1-12-10(6-9-15-3)4-5-11-13-7-8-14(11)2/h7-8,10,12H,4-6,9H2,1-3H3. The lowest BCUT2D eigenvalue weighted by Crippen LogP contribution is -2.27. The van der Waals surface area contributed by atoms with Crippen molar-refractivity contribution >= 4 is 0 Å². The van der Waals surface area contributed by atoms with Gasteiger partial charge in [-0.2, -0.15) is 0 Å². The number of aromatic nitrogens is 2. The van der Waals surface area contributed by atoms with Crippen molar-refractivity contribution in [2.24, 2.45) is 7.05 Å². The summed E-state index contributed by atoms with van der Waals surface area (Å²) in [7, 11) is 5.77. The van der Waals surface area contributed by atoms with Crippen LogP contribution < -0.4 is 5.32 Å². The molecule has 0 amide bonds. The highest BCUT2D eigenvalue weighted by atomic mass is 16.5. The van der Waals surface area contributed by atoms with Crippen LogP contribution in [0.15, 0.2) is 12.4 Å². The van der Waals surface area contributed by atoms with E-state index in [-0.39, 0.29) is 0 Å². The molecule has 86 valence electrons. The van der Waals surface area contributed by atoms with Crippen LogP contribution in [0.5, 0.6) is 0 Å². The van der Waals surface area contributed by atoms with Crippen molar-refractivity contribution in [1.82, 2.24) is 14.9 Å². The second kappa shape index (κ2) is 6.58. The average Bonchev–Trinajstić information content (AvgIpc) is 2.65. The van der Waals surface area contributed by atoms with Gasteiger partial charge in [-0.1, -0.05) is 0 Å². The van der Waals surface area contributed by atoms with E-state index in [1.807, 2.05) is 26.5 Å². The van der Waals surface area contributed by atoms with Gasteiger partial charge in [0.1, 0.15) is 5.82 Å². The highest BCUT2D eigenvalue weighted by molar-refractivity contribution is 4.91. The Balaban J connectivity index is 2.31. The molecular formula is C11H21N3O. The maximum Gasteiger partial charge on any atom is 0.108 e. The van der Waals surface area contributed by atoms with E-state index in [9.17, 15) is 0 Å². The third-order valence-electron chi connectivity index (χ3n) is 2.72. The predicted octanol–water partition coefficient (Wildman–Crippen LogP) is 0.977. The first kappa shape index (κ1) is 12.2. The fourth-order valence-corrected chi connectivity index (χ4v) is 1.63. The van der Waals surface area contributed by atoms with Crippen molar-refractivity contribution in [1.29, 1.82) is 0 Å². The molecule has 0 radical (unpaired) electrons. The second-order valence-corrected chi connectivity index (χ2v) is 3.76. The molecule has 0 aliphatic carbocycles. The quantitative estimate of drug-likeness (QED) is 0.730.